The first kappa shape index (κ1) is 18.2. The molecule has 0 bridgehead atoms. The first-order chi connectivity index (χ1) is 9.71. The summed E-state index contributed by atoms with van der Waals surface area (Å²) in [5.41, 5.74) is 4.88. The number of carbonyl (C=O) groups excluding carboxylic acids is 2. The second-order valence-electron chi connectivity index (χ2n) is 4.53. The molecule has 2 N–H and O–H groups in total. The predicted molar refractivity (Wildman–Crippen MR) is 74.9 cm³/mol. The van der Waals surface area contributed by atoms with Crippen LogP contribution in [0.1, 0.15) is 13.8 Å². The van der Waals surface area contributed by atoms with E-state index in [0.29, 0.717) is 18.6 Å². The monoisotopic (exact) mass is 342 g/mol. The van der Waals surface area contributed by atoms with Gasteiger partial charge in [0.1, 0.15) is 11.9 Å². The third-order valence-corrected chi connectivity index (χ3v) is 3.83. The number of nitrogens with two attached hydrogens (primary N) is 1. The smallest absolute Gasteiger partial charge is 0.374 e. The maximum absolute atomic E-state index is 11.7. The number of amides is 2. The standard InChI is InChI=1S/C10H18N2O7S2/c1-10(2)16-4-7(18-10)5-17-21(15)12(3)9(14)19-20-6-8(11)13/h7H,4-6H2,1-3H3,(H2,11,13). The minimum Gasteiger partial charge on any atom is -0.374 e. The number of carbonyl (C=O) groups is 2. The Morgan fingerprint density at radius 2 is 2.19 bits per heavy atom. The van der Waals surface area contributed by atoms with Crippen LogP contribution in [0, 0.1) is 0 Å². The fourth-order valence-electron chi connectivity index (χ4n) is 1.31. The lowest BCUT2D eigenvalue weighted by Gasteiger charge is -2.18. The second kappa shape index (κ2) is 7.94. The van der Waals surface area contributed by atoms with E-state index in [1.165, 1.54) is 7.05 Å². The average molecular weight is 342 g/mol. The van der Waals surface area contributed by atoms with Gasteiger partial charge in [0.2, 0.25) is 5.91 Å². The summed E-state index contributed by atoms with van der Waals surface area (Å²) in [6.07, 6.45) is -1.28. The topological polar surface area (TPSA) is 117 Å². The molecule has 0 aromatic heterocycles. The molecule has 0 radical (unpaired) electrons. The van der Waals surface area contributed by atoms with E-state index in [9.17, 15) is 13.8 Å². The highest BCUT2D eigenvalue weighted by Gasteiger charge is 2.33. The van der Waals surface area contributed by atoms with Crippen molar-refractivity contribution < 1.29 is 31.6 Å². The van der Waals surface area contributed by atoms with Crippen LogP contribution in [0.3, 0.4) is 0 Å². The molecule has 21 heavy (non-hydrogen) atoms. The van der Waals surface area contributed by atoms with Gasteiger partial charge in [-0.25, -0.2) is 13.3 Å². The molecule has 2 atom stereocenters. The SMILES string of the molecule is CN(C(=O)OSCC(N)=O)S(=O)OCC1COC(C)(C)O1. The average Bonchev–Trinajstić information content (AvgIpc) is 2.74. The van der Waals surface area contributed by atoms with Gasteiger partial charge in [0.15, 0.2) is 5.79 Å². The Bertz CT molecular complexity index is 418. The van der Waals surface area contributed by atoms with E-state index < -0.39 is 29.1 Å². The Hall–Kier alpha value is -0.880. The Morgan fingerprint density at radius 3 is 2.71 bits per heavy atom. The first-order valence-corrected chi connectivity index (χ1v) is 7.88. The van der Waals surface area contributed by atoms with Crippen molar-refractivity contribution in [1.82, 2.24) is 4.31 Å². The van der Waals surface area contributed by atoms with E-state index in [0.717, 1.165) is 4.31 Å². The second-order valence-corrected chi connectivity index (χ2v) is 6.44. The van der Waals surface area contributed by atoms with Crippen LogP contribution in [0.15, 0.2) is 0 Å². The quantitative estimate of drug-likeness (QED) is 0.639. The summed E-state index contributed by atoms with van der Waals surface area (Å²) in [6, 6.07) is 0. The van der Waals surface area contributed by atoms with E-state index in [1.54, 1.807) is 13.8 Å². The van der Waals surface area contributed by atoms with Crippen LogP contribution in [0.2, 0.25) is 0 Å². The van der Waals surface area contributed by atoms with Gasteiger partial charge in [0.25, 0.3) is 11.3 Å². The van der Waals surface area contributed by atoms with Gasteiger partial charge in [0.05, 0.1) is 25.3 Å². The Kier molecular flexibility index (Phi) is 6.87. The molecule has 0 aromatic rings. The molecule has 122 valence electrons. The van der Waals surface area contributed by atoms with Crippen LogP contribution in [-0.4, -0.2) is 58.4 Å². The Morgan fingerprint density at radius 1 is 1.52 bits per heavy atom. The van der Waals surface area contributed by atoms with Gasteiger partial charge in [-0.05, 0) is 13.8 Å². The third kappa shape index (κ3) is 6.61. The molecular formula is C10H18N2O7S2. The Labute approximate surface area is 129 Å². The molecule has 2 unspecified atom stereocenters. The lowest BCUT2D eigenvalue weighted by Crippen LogP contribution is -2.32. The summed E-state index contributed by atoms with van der Waals surface area (Å²) < 4.78 is 32.9. The van der Waals surface area contributed by atoms with E-state index in [4.69, 9.17) is 19.4 Å². The summed E-state index contributed by atoms with van der Waals surface area (Å²) in [5, 5.41) is 0. The third-order valence-electron chi connectivity index (χ3n) is 2.23. The molecular weight excluding hydrogens is 324 g/mol. The number of primary amides is 1. The van der Waals surface area contributed by atoms with Gasteiger partial charge in [-0.2, -0.15) is 0 Å². The summed E-state index contributed by atoms with van der Waals surface area (Å²) >= 11 is -1.48. The van der Waals surface area contributed by atoms with Crippen LogP contribution >= 0.6 is 12.0 Å². The number of nitrogens with zero attached hydrogens (tertiary/aromatic N) is 1. The lowest BCUT2D eigenvalue weighted by atomic mass is 10.4. The maximum Gasteiger partial charge on any atom is 0.435 e. The normalized spacial score (nSPS) is 21.8. The molecule has 1 fully saturated rings. The fraction of sp³-hybridized carbons (Fsp3) is 0.800. The number of hydrogen-bond acceptors (Lipinski definition) is 8. The Balaban J connectivity index is 2.27. The minimum absolute atomic E-state index is 0.00207. The van der Waals surface area contributed by atoms with E-state index in [1.807, 2.05) is 0 Å². The van der Waals surface area contributed by atoms with Gasteiger partial charge < -0.3 is 19.4 Å². The van der Waals surface area contributed by atoms with Crippen LogP contribution in [-0.2, 0) is 33.9 Å². The fourth-order valence-corrected chi connectivity index (χ4v) is 2.33. The van der Waals surface area contributed by atoms with E-state index >= 15 is 0 Å². The molecule has 9 nitrogen and oxygen atoms in total. The molecule has 1 aliphatic rings. The highest BCUT2D eigenvalue weighted by Crippen LogP contribution is 2.22. The predicted octanol–water partition coefficient (Wildman–Crippen LogP) is -0.0649. The van der Waals surface area contributed by atoms with Crippen molar-refractivity contribution in [3.05, 3.63) is 0 Å². The highest BCUT2D eigenvalue weighted by atomic mass is 32.2. The van der Waals surface area contributed by atoms with Crippen molar-refractivity contribution >= 4 is 35.3 Å². The molecule has 0 aromatic carbocycles. The molecule has 0 spiro atoms. The van der Waals surface area contributed by atoms with Gasteiger partial charge in [0, 0.05) is 7.05 Å². The van der Waals surface area contributed by atoms with Gasteiger partial charge in [-0.3, -0.25) is 8.98 Å². The van der Waals surface area contributed by atoms with Gasteiger partial charge >= 0.3 is 6.09 Å². The summed E-state index contributed by atoms with van der Waals surface area (Å²) in [6.45, 7) is 3.82. The molecule has 11 heteroatoms. The summed E-state index contributed by atoms with van der Waals surface area (Å²) in [4.78, 5) is 21.9. The molecule has 1 rings (SSSR count). The first-order valence-electron chi connectivity index (χ1n) is 5.93. The number of rotatable bonds is 7. The molecule has 1 saturated heterocycles. The summed E-state index contributed by atoms with van der Waals surface area (Å²) in [5.74, 6) is -1.52. The van der Waals surface area contributed by atoms with E-state index in [2.05, 4.69) is 4.18 Å². The zero-order valence-electron chi connectivity index (χ0n) is 11.9. The van der Waals surface area contributed by atoms with Crippen LogP contribution in [0.25, 0.3) is 0 Å². The number of hydrogen-bond donors (Lipinski definition) is 1. The van der Waals surface area contributed by atoms with Gasteiger partial charge in [-0.1, -0.05) is 0 Å². The largest absolute Gasteiger partial charge is 0.435 e. The van der Waals surface area contributed by atoms with Crippen molar-refractivity contribution in [3.63, 3.8) is 0 Å². The van der Waals surface area contributed by atoms with Crippen LogP contribution in [0.5, 0.6) is 0 Å². The van der Waals surface area contributed by atoms with Crippen LogP contribution in [0.4, 0.5) is 4.79 Å². The minimum atomic E-state index is -2.04. The van der Waals surface area contributed by atoms with Gasteiger partial charge in [-0.15, -0.1) is 0 Å². The molecule has 0 aliphatic carbocycles. The van der Waals surface area contributed by atoms with Crippen molar-refractivity contribution in [3.8, 4) is 0 Å². The molecule has 1 heterocycles. The van der Waals surface area contributed by atoms with Crippen LogP contribution < -0.4 is 5.73 Å². The lowest BCUT2D eigenvalue weighted by molar-refractivity contribution is -0.141. The zero-order valence-corrected chi connectivity index (χ0v) is 13.5. The summed E-state index contributed by atoms with van der Waals surface area (Å²) in [7, 11) is 1.24. The number of ether oxygens (including phenoxy) is 2. The van der Waals surface area contributed by atoms with Crippen molar-refractivity contribution in [2.24, 2.45) is 5.73 Å². The van der Waals surface area contributed by atoms with E-state index in [-0.39, 0.29) is 18.5 Å². The molecule has 2 amide bonds. The van der Waals surface area contributed by atoms with Crippen molar-refractivity contribution in [2.45, 2.75) is 25.7 Å². The zero-order chi connectivity index (χ0) is 16.0. The molecule has 1 aliphatic heterocycles. The maximum atomic E-state index is 11.7. The molecule has 0 saturated carbocycles. The highest BCUT2D eigenvalue weighted by molar-refractivity contribution is 7.95. The van der Waals surface area contributed by atoms with Crippen molar-refractivity contribution in [1.29, 1.82) is 0 Å². The van der Waals surface area contributed by atoms with Crippen molar-refractivity contribution in [2.75, 3.05) is 26.0 Å².